The van der Waals surface area contributed by atoms with Crippen LogP contribution in [0.2, 0.25) is 18.1 Å². The van der Waals surface area contributed by atoms with Crippen LogP contribution in [0.4, 0.5) is 0 Å². The molecule has 4 nitrogen and oxygen atoms in total. The van der Waals surface area contributed by atoms with E-state index in [1.165, 1.54) is 0 Å². The lowest BCUT2D eigenvalue weighted by Crippen LogP contribution is -2.43. The van der Waals surface area contributed by atoms with Gasteiger partial charge in [0.1, 0.15) is 5.60 Å². The topological polar surface area (TPSA) is 44.8 Å². The Bertz CT molecular complexity index is 457. The van der Waals surface area contributed by atoms with Gasteiger partial charge in [0.05, 0.1) is 6.61 Å². The molecule has 1 aliphatic carbocycles. The van der Waals surface area contributed by atoms with Gasteiger partial charge in [-0.25, -0.2) is 4.79 Å². The van der Waals surface area contributed by atoms with Crippen molar-refractivity contribution in [3.8, 4) is 0 Å². The zero-order valence-electron chi connectivity index (χ0n) is 18.1. The van der Waals surface area contributed by atoms with Gasteiger partial charge < -0.3 is 13.9 Å². The first-order chi connectivity index (χ1) is 11.0. The van der Waals surface area contributed by atoms with Crippen LogP contribution in [0.3, 0.4) is 0 Å². The van der Waals surface area contributed by atoms with E-state index in [1.807, 2.05) is 20.8 Å². The zero-order chi connectivity index (χ0) is 19.7. The second kappa shape index (κ2) is 7.69. The molecule has 0 radical (unpaired) electrons. The molecule has 1 rings (SSSR count). The summed E-state index contributed by atoms with van der Waals surface area (Å²) in [6.07, 6.45) is 3.55. The number of hydrogen-bond acceptors (Lipinski definition) is 4. The van der Waals surface area contributed by atoms with E-state index in [0.29, 0.717) is 18.6 Å². The van der Waals surface area contributed by atoms with Gasteiger partial charge in [-0.05, 0) is 77.9 Å². The van der Waals surface area contributed by atoms with Gasteiger partial charge in [0.25, 0.3) is 0 Å². The molecule has 2 atom stereocenters. The van der Waals surface area contributed by atoms with Crippen molar-refractivity contribution < 1.29 is 18.7 Å². The number of rotatable bonds is 6. The van der Waals surface area contributed by atoms with Gasteiger partial charge in [0.2, 0.25) is 0 Å². The fourth-order valence-corrected chi connectivity index (χ4v) is 4.07. The third kappa shape index (κ3) is 7.03. The maximum absolute atomic E-state index is 12.3. The molecule has 0 aromatic heterocycles. The van der Waals surface area contributed by atoms with Crippen LogP contribution in [0.5, 0.6) is 0 Å². The summed E-state index contributed by atoms with van der Waals surface area (Å²) in [6.45, 7) is 21.2. The molecule has 0 N–H and O–H groups in total. The van der Waals surface area contributed by atoms with Gasteiger partial charge in [-0.2, -0.15) is 0 Å². The van der Waals surface area contributed by atoms with Gasteiger partial charge in [-0.1, -0.05) is 20.8 Å². The third-order valence-corrected chi connectivity index (χ3v) is 9.87. The SMILES string of the molecule is CC(C)(C)OC(=O)C(C)(C)OCC1CCC(O[Si](C)(C)C(C)(C)C)C1. The van der Waals surface area contributed by atoms with Crippen LogP contribution in [0.1, 0.15) is 74.7 Å². The van der Waals surface area contributed by atoms with E-state index in [2.05, 4.69) is 33.9 Å². The van der Waals surface area contributed by atoms with Crippen molar-refractivity contribution in [2.75, 3.05) is 6.61 Å². The first-order valence-corrected chi connectivity index (χ1v) is 12.5. The van der Waals surface area contributed by atoms with Crippen LogP contribution in [-0.4, -0.2) is 38.2 Å². The number of carbonyl (C=O) groups excluding carboxylic acids is 1. The largest absolute Gasteiger partial charge is 0.458 e. The third-order valence-electron chi connectivity index (χ3n) is 5.33. The van der Waals surface area contributed by atoms with E-state index >= 15 is 0 Å². The molecule has 0 spiro atoms. The first-order valence-electron chi connectivity index (χ1n) is 9.59. The summed E-state index contributed by atoms with van der Waals surface area (Å²) < 4.78 is 17.9. The van der Waals surface area contributed by atoms with Crippen molar-refractivity contribution in [2.24, 2.45) is 5.92 Å². The molecule has 0 aliphatic heterocycles. The minimum atomic E-state index is -1.72. The molecule has 0 aromatic carbocycles. The van der Waals surface area contributed by atoms with E-state index in [9.17, 15) is 4.79 Å². The summed E-state index contributed by atoms with van der Waals surface area (Å²) in [4.78, 5) is 12.3. The van der Waals surface area contributed by atoms with Crippen LogP contribution in [0.25, 0.3) is 0 Å². The molecule has 0 bridgehead atoms. The molecule has 0 amide bonds. The van der Waals surface area contributed by atoms with Crippen molar-refractivity contribution in [3.05, 3.63) is 0 Å². The second-order valence-corrected chi connectivity index (χ2v) is 15.3. The lowest BCUT2D eigenvalue weighted by atomic mass is 10.1. The highest BCUT2D eigenvalue weighted by molar-refractivity contribution is 6.74. The van der Waals surface area contributed by atoms with Crippen molar-refractivity contribution in [3.63, 3.8) is 0 Å². The van der Waals surface area contributed by atoms with Gasteiger partial charge in [0, 0.05) is 6.10 Å². The molecule has 1 fully saturated rings. The smallest absolute Gasteiger partial charge is 0.338 e. The Hall–Kier alpha value is -0.393. The Morgan fingerprint density at radius 1 is 1.00 bits per heavy atom. The van der Waals surface area contributed by atoms with E-state index in [4.69, 9.17) is 13.9 Å². The number of hydrogen-bond donors (Lipinski definition) is 0. The van der Waals surface area contributed by atoms with Crippen molar-refractivity contribution in [1.29, 1.82) is 0 Å². The molecular formula is C20H40O4Si. The van der Waals surface area contributed by atoms with Crippen LogP contribution < -0.4 is 0 Å². The lowest BCUT2D eigenvalue weighted by molar-refractivity contribution is -0.181. The fraction of sp³-hybridized carbons (Fsp3) is 0.950. The van der Waals surface area contributed by atoms with E-state index < -0.39 is 19.5 Å². The highest BCUT2D eigenvalue weighted by Gasteiger charge is 2.41. The molecule has 5 heteroatoms. The monoisotopic (exact) mass is 372 g/mol. The normalized spacial score (nSPS) is 23.0. The molecule has 2 unspecified atom stereocenters. The summed E-state index contributed by atoms with van der Waals surface area (Å²) in [5.74, 6) is 0.156. The Morgan fingerprint density at radius 3 is 2.04 bits per heavy atom. The Kier molecular flexibility index (Phi) is 6.97. The predicted molar refractivity (Wildman–Crippen MR) is 105 cm³/mol. The lowest BCUT2D eigenvalue weighted by Gasteiger charge is -2.38. The minimum absolute atomic E-state index is 0.236. The van der Waals surface area contributed by atoms with Crippen LogP contribution in [0, 0.1) is 5.92 Å². The molecule has 25 heavy (non-hydrogen) atoms. The number of ether oxygens (including phenoxy) is 2. The van der Waals surface area contributed by atoms with E-state index in [1.54, 1.807) is 13.8 Å². The van der Waals surface area contributed by atoms with Gasteiger partial charge >= 0.3 is 5.97 Å². The van der Waals surface area contributed by atoms with Gasteiger partial charge in [-0.15, -0.1) is 0 Å². The van der Waals surface area contributed by atoms with Gasteiger partial charge in [0.15, 0.2) is 13.9 Å². The predicted octanol–water partition coefficient (Wildman–Crippen LogP) is 5.31. The molecular weight excluding hydrogens is 332 g/mol. The fourth-order valence-electron chi connectivity index (χ4n) is 2.67. The average molecular weight is 373 g/mol. The Morgan fingerprint density at radius 2 is 1.56 bits per heavy atom. The van der Waals surface area contributed by atoms with Crippen LogP contribution in [0.15, 0.2) is 0 Å². The quantitative estimate of drug-likeness (QED) is 0.468. The molecule has 0 saturated heterocycles. The summed E-state index contributed by atoms with van der Waals surface area (Å²) in [5, 5.41) is 0.236. The van der Waals surface area contributed by atoms with Crippen molar-refractivity contribution >= 4 is 14.3 Å². The second-order valence-electron chi connectivity index (χ2n) is 10.5. The maximum atomic E-state index is 12.3. The molecule has 1 saturated carbocycles. The van der Waals surface area contributed by atoms with E-state index in [-0.39, 0.29) is 11.0 Å². The van der Waals surface area contributed by atoms with Crippen LogP contribution >= 0.6 is 0 Å². The highest BCUT2D eigenvalue weighted by Crippen LogP contribution is 2.40. The minimum Gasteiger partial charge on any atom is -0.458 e. The van der Waals surface area contributed by atoms with Crippen molar-refractivity contribution in [2.45, 2.75) is 110 Å². The average Bonchev–Trinajstić information content (AvgIpc) is 2.80. The number of carbonyl (C=O) groups is 1. The van der Waals surface area contributed by atoms with E-state index in [0.717, 1.165) is 19.3 Å². The molecule has 0 heterocycles. The van der Waals surface area contributed by atoms with Crippen LogP contribution in [-0.2, 0) is 18.7 Å². The molecule has 148 valence electrons. The van der Waals surface area contributed by atoms with Gasteiger partial charge in [-0.3, -0.25) is 0 Å². The molecule has 1 aliphatic rings. The Balaban J connectivity index is 2.49. The molecule has 0 aromatic rings. The van der Waals surface area contributed by atoms with Crippen molar-refractivity contribution in [1.82, 2.24) is 0 Å². The summed E-state index contributed by atoms with van der Waals surface area (Å²) in [7, 11) is -1.72. The summed E-state index contributed by atoms with van der Waals surface area (Å²) >= 11 is 0. The highest BCUT2D eigenvalue weighted by atomic mass is 28.4. The maximum Gasteiger partial charge on any atom is 0.338 e. The first kappa shape index (κ1) is 22.6. The number of esters is 1. The standard InChI is InChI=1S/C20H40O4Si/c1-18(2,3)23-17(21)20(7,8)22-14-15-11-12-16(13-15)24-25(9,10)19(4,5)6/h15-16H,11-14H2,1-10H3. The summed E-state index contributed by atoms with van der Waals surface area (Å²) in [5.41, 5.74) is -1.40. The summed E-state index contributed by atoms with van der Waals surface area (Å²) in [6, 6.07) is 0. The zero-order valence-corrected chi connectivity index (χ0v) is 19.1. The Labute approximate surface area is 156 Å².